The lowest BCUT2D eigenvalue weighted by molar-refractivity contribution is 0.157. The quantitative estimate of drug-likeness (QED) is 0.685. The number of aliphatic imine (C=N–C) groups is 1. The van der Waals surface area contributed by atoms with Crippen LogP contribution in [0.4, 0.5) is 4.39 Å². The number of nitrogens with one attached hydrogen (secondary N) is 1. The van der Waals surface area contributed by atoms with Crippen LogP contribution in [-0.2, 0) is 11.3 Å². The smallest absolute Gasteiger partial charge is 0.193 e. The predicted molar refractivity (Wildman–Crippen MR) is 83.2 cm³/mol. The van der Waals surface area contributed by atoms with Crippen molar-refractivity contribution in [1.29, 1.82) is 0 Å². The molecule has 1 aliphatic heterocycles. The molecule has 1 fully saturated rings. The zero-order valence-corrected chi connectivity index (χ0v) is 13.2. The minimum absolute atomic E-state index is 0.144. The molecular formula is C15H21ClFN3O. The molecule has 0 spiro atoms. The lowest BCUT2D eigenvalue weighted by Gasteiger charge is -2.21. The largest absolute Gasteiger partial charge is 0.384 e. The molecule has 0 aliphatic carbocycles. The van der Waals surface area contributed by atoms with Crippen LogP contribution >= 0.6 is 11.6 Å². The van der Waals surface area contributed by atoms with Gasteiger partial charge in [-0.15, -0.1) is 0 Å². The van der Waals surface area contributed by atoms with Crippen molar-refractivity contribution < 1.29 is 9.13 Å². The SMILES string of the molecule is CN=C(NCc1ccc(F)c(Cl)c1)N1CCC(COC)C1. The van der Waals surface area contributed by atoms with E-state index in [1.807, 2.05) is 0 Å². The number of halogens is 2. The van der Waals surface area contributed by atoms with Gasteiger partial charge in [0, 0.05) is 39.7 Å². The van der Waals surface area contributed by atoms with Crippen molar-refractivity contribution in [2.45, 2.75) is 13.0 Å². The standard InChI is InChI=1S/C15H21ClFN3O/c1-18-15(20-6-5-12(9-20)10-21-2)19-8-11-3-4-14(17)13(16)7-11/h3-4,7,12H,5-6,8-10H2,1-2H3,(H,18,19). The maximum Gasteiger partial charge on any atom is 0.193 e. The fraction of sp³-hybridized carbons (Fsp3) is 0.533. The average molecular weight is 314 g/mol. The molecule has 1 aromatic carbocycles. The minimum atomic E-state index is -0.397. The lowest BCUT2D eigenvalue weighted by Crippen LogP contribution is -2.39. The molecule has 2 rings (SSSR count). The summed E-state index contributed by atoms with van der Waals surface area (Å²) >= 11 is 5.79. The molecule has 4 nitrogen and oxygen atoms in total. The summed E-state index contributed by atoms with van der Waals surface area (Å²) in [6.45, 7) is 3.26. The molecule has 1 aromatic rings. The molecular weight excluding hydrogens is 293 g/mol. The van der Waals surface area contributed by atoms with E-state index in [2.05, 4.69) is 15.2 Å². The highest BCUT2D eigenvalue weighted by Gasteiger charge is 2.24. The molecule has 0 bridgehead atoms. The van der Waals surface area contributed by atoms with Crippen LogP contribution in [-0.4, -0.2) is 44.7 Å². The third-order valence-electron chi connectivity index (χ3n) is 3.63. The van der Waals surface area contributed by atoms with Crippen LogP contribution in [0.3, 0.4) is 0 Å². The van der Waals surface area contributed by atoms with Crippen LogP contribution in [0, 0.1) is 11.7 Å². The highest BCUT2D eigenvalue weighted by atomic mass is 35.5. The lowest BCUT2D eigenvalue weighted by atomic mass is 10.1. The number of methoxy groups -OCH3 is 1. The first-order chi connectivity index (χ1) is 10.1. The van der Waals surface area contributed by atoms with E-state index in [0.29, 0.717) is 12.5 Å². The molecule has 0 amide bonds. The van der Waals surface area contributed by atoms with Crippen molar-refractivity contribution in [3.8, 4) is 0 Å². The van der Waals surface area contributed by atoms with E-state index < -0.39 is 5.82 Å². The van der Waals surface area contributed by atoms with Crippen molar-refractivity contribution in [2.24, 2.45) is 10.9 Å². The summed E-state index contributed by atoms with van der Waals surface area (Å²) in [5.41, 5.74) is 0.926. The highest BCUT2D eigenvalue weighted by molar-refractivity contribution is 6.30. The summed E-state index contributed by atoms with van der Waals surface area (Å²) in [6.07, 6.45) is 1.11. The van der Waals surface area contributed by atoms with Crippen molar-refractivity contribution in [3.63, 3.8) is 0 Å². The highest BCUT2D eigenvalue weighted by Crippen LogP contribution is 2.18. The summed E-state index contributed by atoms with van der Waals surface area (Å²) in [5, 5.41) is 3.44. The fourth-order valence-electron chi connectivity index (χ4n) is 2.56. The predicted octanol–water partition coefficient (Wildman–Crippen LogP) is 2.52. The topological polar surface area (TPSA) is 36.9 Å². The van der Waals surface area contributed by atoms with E-state index >= 15 is 0 Å². The Bertz CT molecular complexity index is 510. The van der Waals surface area contributed by atoms with Crippen LogP contribution in [0.1, 0.15) is 12.0 Å². The first kappa shape index (κ1) is 16.0. The Balaban J connectivity index is 1.90. The van der Waals surface area contributed by atoms with Crippen LogP contribution in [0.15, 0.2) is 23.2 Å². The maximum atomic E-state index is 13.1. The second kappa shape index (κ2) is 7.61. The van der Waals surface area contributed by atoms with E-state index in [1.165, 1.54) is 6.07 Å². The number of nitrogens with zero attached hydrogens (tertiary/aromatic N) is 2. The first-order valence-electron chi connectivity index (χ1n) is 7.02. The summed E-state index contributed by atoms with van der Waals surface area (Å²) in [6, 6.07) is 4.74. The Hall–Kier alpha value is -1.33. The van der Waals surface area contributed by atoms with E-state index in [4.69, 9.17) is 16.3 Å². The van der Waals surface area contributed by atoms with Crippen molar-refractivity contribution in [2.75, 3.05) is 33.9 Å². The number of rotatable bonds is 4. The zero-order valence-electron chi connectivity index (χ0n) is 12.4. The number of likely N-dealkylation sites (tertiary alicyclic amines) is 1. The molecule has 0 radical (unpaired) electrons. The summed E-state index contributed by atoms with van der Waals surface area (Å²) in [5.74, 6) is 1.01. The summed E-state index contributed by atoms with van der Waals surface area (Å²) in [4.78, 5) is 6.52. The first-order valence-corrected chi connectivity index (χ1v) is 7.40. The molecule has 1 atom stereocenters. The molecule has 1 N–H and O–H groups in total. The fourth-order valence-corrected chi connectivity index (χ4v) is 2.76. The Labute approximate surface area is 129 Å². The van der Waals surface area contributed by atoms with Gasteiger partial charge in [0.05, 0.1) is 11.6 Å². The number of hydrogen-bond acceptors (Lipinski definition) is 2. The van der Waals surface area contributed by atoms with Gasteiger partial charge in [-0.1, -0.05) is 17.7 Å². The van der Waals surface area contributed by atoms with Crippen LogP contribution < -0.4 is 5.32 Å². The second-order valence-corrected chi connectivity index (χ2v) is 5.61. The van der Waals surface area contributed by atoms with E-state index in [-0.39, 0.29) is 5.02 Å². The molecule has 1 heterocycles. The van der Waals surface area contributed by atoms with Gasteiger partial charge in [0.25, 0.3) is 0 Å². The van der Waals surface area contributed by atoms with Crippen LogP contribution in [0.5, 0.6) is 0 Å². The van der Waals surface area contributed by atoms with E-state index in [9.17, 15) is 4.39 Å². The van der Waals surface area contributed by atoms with Gasteiger partial charge in [-0.25, -0.2) is 4.39 Å². The van der Waals surface area contributed by atoms with Crippen molar-refractivity contribution in [3.05, 3.63) is 34.6 Å². The Morgan fingerprint density at radius 2 is 2.38 bits per heavy atom. The van der Waals surface area contributed by atoms with Crippen LogP contribution in [0.25, 0.3) is 0 Å². The third kappa shape index (κ3) is 4.32. The van der Waals surface area contributed by atoms with Gasteiger partial charge in [0.1, 0.15) is 5.82 Å². The van der Waals surface area contributed by atoms with E-state index in [1.54, 1.807) is 26.3 Å². The third-order valence-corrected chi connectivity index (χ3v) is 3.92. The maximum absolute atomic E-state index is 13.1. The van der Waals surface area contributed by atoms with Gasteiger partial charge in [-0.3, -0.25) is 4.99 Å². The van der Waals surface area contributed by atoms with Gasteiger partial charge >= 0.3 is 0 Å². The minimum Gasteiger partial charge on any atom is -0.384 e. The zero-order chi connectivity index (χ0) is 15.2. The normalized spacial score (nSPS) is 19.1. The Morgan fingerprint density at radius 1 is 1.57 bits per heavy atom. The van der Waals surface area contributed by atoms with Crippen molar-refractivity contribution in [1.82, 2.24) is 10.2 Å². The molecule has 116 valence electrons. The van der Waals surface area contributed by atoms with E-state index in [0.717, 1.165) is 37.6 Å². The molecule has 1 aliphatic rings. The van der Waals surface area contributed by atoms with Gasteiger partial charge < -0.3 is 15.0 Å². The van der Waals surface area contributed by atoms with Crippen molar-refractivity contribution >= 4 is 17.6 Å². The molecule has 6 heteroatoms. The monoisotopic (exact) mass is 313 g/mol. The molecule has 21 heavy (non-hydrogen) atoms. The molecule has 0 aromatic heterocycles. The number of guanidine groups is 1. The Morgan fingerprint density at radius 3 is 3.05 bits per heavy atom. The average Bonchev–Trinajstić information content (AvgIpc) is 2.92. The van der Waals surface area contributed by atoms with Crippen LogP contribution in [0.2, 0.25) is 5.02 Å². The number of hydrogen-bond donors (Lipinski definition) is 1. The molecule has 1 unspecified atom stereocenters. The summed E-state index contributed by atoms with van der Waals surface area (Å²) < 4.78 is 18.3. The molecule has 1 saturated heterocycles. The number of benzene rings is 1. The van der Waals surface area contributed by atoms with Gasteiger partial charge in [-0.2, -0.15) is 0 Å². The van der Waals surface area contributed by atoms with Gasteiger partial charge in [0.2, 0.25) is 0 Å². The Kier molecular flexibility index (Phi) is 5.82. The van der Waals surface area contributed by atoms with Gasteiger partial charge in [-0.05, 0) is 24.1 Å². The second-order valence-electron chi connectivity index (χ2n) is 5.21. The van der Waals surface area contributed by atoms with Gasteiger partial charge in [0.15, 0.2) is 5.96 Å². The molecule has 0 saturated carbocycles. The number of ether oxygens (including phenoxy) is 1. The summed E-state index contributed by atoms with van der Waals surface area (Å²) in [7, 11) is 3.50.